The van der Waals surface area contributed by atoms with Crippen molar-refractivity contribution >= 4 is 39.6 Å². The van der Waals surface area contributed by atoms with Crippen LogP contribution in [0.5, 0.6) is 0 Å². The van der Waals surface area contributed by atoms with E-state index in [2.05, 4.69) is 21.2 Å². The van der Waals surface area contributed by atoms with Crippen molar-refractivity contribution in [2.75, 3.05) is 18.6 Å². The van der Waals surface area contributed by atoms with Crippen LogP contribution >= 0.6 is 27.7 Å². The standard InChI is InChI=1S/C14H15BrN2O3S/c1-21-9-6-12(14(19)20-8-7-16)17-13(18)10-4-2-3-5-11(10)15/h2-5,12H,6,8-9H2,1H3,(H,17,18)/t12-/m1/s1. The number of hydrogen-bond acceptors (Lipinski definition) is 5. The first kappa shape index (κ1) is 17.5. The molecule has 0 aliphatic rings. The molecule has 112 valence electrons. The molecular formula is C14H15BrN2O3S. The number of benzene rings is 1. The van der Waals surface area contributed by atoms with Crippen LogP contribution in [0.25, 0.3) is 0 Å². The fourth-order valence-electron chi connectivity index (χ4n) is 1.57. The molecule has 1 atom stereocenters. The summed E-state index contributed by atoms with van der Waals surface area (Å²) in [5.41, 5.74) is 0.444. The summed E-state index contributed by atoms with van der Waals surface area (Å²) in [7, 11) is 0. The van der Waals surface area contributed by atoms with E-state index in [0.29, 0.717) is 22.2 Å². The van der Waals surface area contributed by atoms with Gasteiger partial charge in [-0.15, -0.1) is 0 Å². The molecule has 0 aliphatic heterocycles. The van der Waals surface area contributed by atoms with E-state index in [9.17, 15) is 9.59 Å². The monoisotopic (exact) mass is 370 g/mol. The summed E-state index contributed by atoms with van der Waals surface area (Å²) in [5, 5.41) is 11.1. The molecule has 0 saturated carbocycles. The summed E-state index contributed by atoms with van der Waals surface area (Å²) in [6, 6.07) is 7.92. The highest BCUT2D eigenvalue weighted by Crippen LogP contribution is 2.16. The van der Waals surface area contributed by atoms with Crippen LogP contribution in [0.15, 0.2) is 28.7 Å². The Kier molecular flexibility index (Phi) is 7.87. The van der Waals surface area contributed by atoms with E-state index in [1.165, 1.54) is 0 Å². The molecule has 1 N–H and O–H groups in total. The maximum Gasteiger partial charge on any atom is 0.329 e. The molecule has 0 aliphatic carbocycles. The molecule has 1 aromatic carbocycles. The molecule has 0 spiro atoms. The van der Waals surface area contributed by atoms with Crippen molar-refractivity contribution in [1.29, 1.82) is 5.26 Å². The molecule has 0 bridgehead atoms. The van der Waals surface area contributed by atoms with E-state index in [1.54, 1.807) is 42.1 Å². The molecule has 1 amide bonds. The summed E-state index contributed by atoms with van der Waals surface area (Å²) in [6.07, 6.45) is 2.36. The van der Waals surface area contributed by atoms with Crippen molar-refractivity contribution in [3.63, 3.8) is 0 Å². The van der Waals surface area contributed by atoms with Crippen LogP contribution < -0.4 is 5.32 Å². The highest BCUT2D eigenvalue weighted by molar-refractivity contribution is 9.10. The van der Waals surface area contributed by atoms with Gasteiger partial charge in [0.05, 0.1) is 5.56 Å². The largest absolute Gasteiger partial charge is 0.449 e. The minimum absolute atomic E-state index is 0.320. The Bertz CT molecular complexity index is 545. The zero-order valence-electron chi connectivity index (χ0n) is 11.5. The third-order valence-electron chi connectivity index (χ3n) is 2.60. The number of carbonyl (C=O) groups is 2. The maximum atomic E-state index is 12.2. The minimum atomic E-state index is -0.759. The number of thioether (sulfide) groups is 1. The van der Waals surface area contributed by atoms with Gasteiger partial charge in [0.15, 0.2) is 6.61 Å². The van der Waals surface area contributed by atoms with Gasteiger partial charge >= 0.3 is 5.97 Å². The van der Waals surface area contributed by atoms with Gasteiger partial charge in [0.1, 0.15) is 12.1 Å². The summed E-state index contributed by atoms with van der Waals surface area (Å²) in [4.78, 5) is 24.0. The number of nitriles is 1. The van der Waals surface area contributed by atoms with Crippen molar-refractivity contribution in [3.05, 3.63) is 34.3 Å². The third-order valence-corrected chi connectivity index (χ3v) is 3.93. The smallest absolute Gasteiger partial charge is 0.329 e. The van der Waals surface area contributed by atoms with Crippen molar-refractivity contribution < 1.29 is 14.3 Å². The molecule has 0 saturated heterocycles. The van der Waals surface area contributed by atoms with Gasteiger partial charge in [-0.3, -0.25) is 4.79 Å². The fraction of sp³-hybridized carbons (Fsp3) is 0.357. The van der Waals surface area contributed by atoms with Crippen molar-refractivity contribution in [2.45, 2.75) is 12.5 Å². The van der Waals surface area contributed by atoms with Crippen LogP contribution in [-0.4, -0.2) is 36.5 Å². The fourth-order valence-corrected chi connectivity index (χ4v) is 2.51. The van der Waals surface area contributed by atoms with E-state index in [1.807, 2.05) is 6.26 Å². The lowest BCUT2D eigenvalue weighted by Gasteiger charge is -2.17. The Morgan fingerprint density at radius 1 is 1.48 bits per heavy atom. The molecule has 0 unspecified atom stereocenters. The van der Waals surface area contributed by atoms with E-state index < -0.39 is 12.0 Å². The lowest BCUT2D eigenvalue weighted by atomic mass is 10.1. The summed E-state index contributed by atoms with van der Waals surface area (Å²) in [5.74, 6) is -0.253. The predicted molar refractivity (Wildman–Crippen MR) is 85.0 cm³/mol. The second kappa shape index (κ2) is 9.42. The molecule has 0 aromatic heterocycles. The first-order chi connectivity index (χ1) is 10.1. The zero-order valence-corrected chi connectivity index (χ0v) is 13.9. The molecule has 0 radical (unpaired) electrons. The summed E-state index contributed by atoms with van der Waals surface area (Å²) < 4.78 is 5.43. The third kappa shape index (κ3) is 5.78. The van der Waals surface area contributed by atoms with Gasteiger partial charge in [0.25, 0.3) is 5.91 Å². The average molecular weight is 371 g/mol. The van der Waals surface area contributed by atoms with Crippen LogP contribution in [-0.2, 0) is 9.53 Å². The first-order valence-corrected chi connectivity index (χ1v) is 8.36. The molecule has 21 heavy (non-hydrogen) atoms. The molecule has 7 heteroatoms. The van der Waals surface area contributed by atoms with E-state index >= 15 is 0 Å². The predicted octanol–water partition coefficient (Wildman–Crippen LogP) is 2.37. The van der Waals surface area contributed by atoms with Crippen LogP contribution in [0.4, 0.5) is 0 Å². The van der Waals surface area contributed by atoms with Crippen molar-refractivity contribution in [3.8, 4) is 6.07 Å². The Hall–Kier alpha value is -1.52. The number of ether oxygens (including phenoxy) is 1. The topological polar surface area (TPSA) is 79.2 Å². The second-order valence-electron chi connectivity index (χ2n) is 4.05. The van der Waals surface area contributed by atoms with E-state index in [0.717, 1.165) is 0 Å². The van der Waals surface area contributed by atoms with Gasteiger partial charge in [-0.05, 0) is 46.5 Å². The van der Waals surface area contributed by atoms with Crippen LogP contribution in [0.2, 0.25) is 0 Å². The minimum Gasteiger partial charge on any atom is -0.449 e. The lowest BCUT2D eigenvalue weighted by Crippen LogP contribution is -2.42. The number of nitrogens with one attached hydrogen (secondary N) is 1. The summed E-state index contributed by atoms with van der Waals surface area (Å²) in [6.45, 7) is -0.320. The second-order valence-corrected chi connectivity index (χ2v) is 5.89. The molecule has 0 fully saturated rings. The molecule has 1 rings (SSSR count). The van der Waals surface area contributed by atoms with Gasteiger partial charge in [0, 0.05) is 4.47 Å². The normalized spacial score (nSPS) is 11.3. The van der Waals surface area contributed by atoms with Crippen LogP contribution in [0, 0.1) is 11.3 Å². The number of hydrogen-bond donors (Lipinski definition) is 1. The van der Waals surface area contributed by atoms with Gasteiger partial charge in [0.2, 0.25) is 0 Å². The highest BCUT2D eigenvalue weighted by atomic mass is 79.9. The quantitative estimate of drug-likeness (QED) is 0.745. The number of rotatable bonds is 7. The van der Waals surface area contributed by atoms with E-state index in [4.69, 9.17) is 10.00 Å². The lowest BCUT2D eigenvalue weighted by molar-refractivity contribution is -0.144. The average Bonchev–Trinajstić information content (AvgIpc) is 2.49. The van der Waals surface area contributed by atoms with Gasteiger partial charge in [-0.25, -0.2) is 4.79 Å². The van der Waals surface area contributed by atoms with E-state index in [-0.39, 0.29) is 12.5 Å². The Morgan fingerprint density at radius 3 is 2.81 bits per heavy atom. The molecule has 0 heterocycles. The van der Waals surface area contributed by atoms with Crippen LogP contribution in [0.3, 0.4) is 0 Å². The highest BCUT2D eigenvalue weighted by Gasteiger charge is 2.23. The SMILES string of the molecule is CSCC[C@@H](NC(=O)c1ccccc1Br)C(=O)OCC#N. The van der Waals surface area contributed by atoms with Gasteiger partial charge in [-0.2, -0.15) is 17.0 Å². The Morgan fingerprint density at radius 2 is 2.19 bits per heavy atom. The Labute approximate surface area is 136 Å². The summed E-state index contributed by atoms with van der Waals surface area (Å²) >= 11 is 4.86. The maximum absolute atomic E-state index is 12.2. The number of esters is 1. The number of nitrogens with zero attached hydrogens (tertiary/aromatic N) is 1. The van der Waals surface area contributed by atoms with Gasteiger partial charge < -0.3 is 10.1 Å². The molecule has 1 aromatic rings. The number of carbonyl (C=O) groups excluding carboxylic acids is 2. The van der Waals surface area contributed by atoms with Crippen molar-refractivity contribution in [1.82, 2.24) is 5.32 Å². The molecule has 5 nitrogen and oxygen atoms in total. The number of amides is 1. The zero-order chi connectivity index (χ0) is 15.7. The number of halogens is 1. The van der Waals surface area contributed by atoms with Crippen LogP contribution in [0.1, 0.15) is 16.8 Å². The molecular weight excluding hydrogens is 356 g/mol. The first-order valence-electron chi connectivity index (χ1n) is 6.18. The van der Waals surface area contributed by atoms with Gasteiger partial charge in [-0.1, -0.05) is 12.1 Å². The Balaban J connectivity index is 2.76. The van der Waals surface area contributed by atoms with Crippen molar-refractivity contribution in [2.24, 2.45) is 0 Å².